The summed E-state index contributed by atoms with van der Waals surface area (Å²) >= 11 is 0. The van der Waals surface area contributed by atoms with Crippen molar-refractivity contribution in [1.29, 1.82) is 0 Å². The van der Waals surface area contributed by atoms with E-state index >= 15 is 0 Å². The monoisotopic (exact) mass is 227 g/mol. The Labute approximate surface area is 90.8 Å². The van der Waals surface area contributed by atoms with Crippen LogP contribution >= 0.6 is 0 Å². The molecule has 0 spiro atoms. The third-order valence-corrected chi connectivity index (χ3v) is 2.83. The zero-order chi connectivity index (χ0) is 11.9. The van der Waals surface area contributed by atoms with Crippen LogP contribution in [0.3, 0.4) is 0 Å². The lowest BCUT2D eigenvalue weighted by atomic mass is 10.2. The number of anilines is 1. The number of aliphatic hydroxyl groups is 3. The SMILES string of the molecule is Nc1ccn([C@H]2C[C@@H](O)[C@H](O)[C@@H]2O)c(=O)n1. The fourth-order valence-corrected chi connectivity index (χ4v) is 1.94. The van der Waals surface area contributed by atoms with Crippen LogP contribution in [-0.4, -0.2) is 43.2 Å². The van der Waals surface area contributed by atoms with Gasteiger partial charge in [0.05, 0.1) is 12.1 Å². The van der Waals surface area contributed by atoms with E-state index in [0.717, 1.165) is 0 Å². The van der Waals surface area contributed by atoms with E-state index in [1.165, 1.54) is 16.8 Å². The summed E-state index contributed by atoms with van der Waals surface area (Å²) in [5.41, 5.74) is 4.72. The topological polar surface area (TPSA) is 122 Å². The van der Waals surface area contributed by atoms with Crippen molar-refractivity contribution in [3.05, 3.63) is 22.7 Å². The third kappa shape index (κ3) is 1.69. The normalized spacial score (nSPS) is 34.2. The number of rotatable bonds is 1. The minimum atomic E-state index is -1.24. The van der Waals surface area contributed by atoms with Crippen molar-refractivity contribution in [2.45, 2.75) is 30.8 Å². The Morgan fingerprint density at radius 3 is 2.56 bits per heavy atom. The molecule has 0 radical (unpaired) electrons. The van der Waals surface area contributed by atoms with Crippen LogP contribution in [0.15, 0.2) is 17.1 Å². The first-order valence-corrected chi connectivity index (χ1v) is 4.89. The Balaban J connectivity index is 2.35. The molecule has 1 heterocycles. The highest BCUT2D eigenvalue weighted by molar-refractivity contribution is 5.23. The molecule has 7 nitrogen and oxygen atoms in total. The number of hydrogen-bond donors (Lipinski definition) is 4. The Hall–Kier alpha value is -1.44. The highest BCUT2D eigenvalue weighted by Gasteiger charge is 2.41. The Kier molecular flexibility index (Phi) is 2.66. The summed E-state index contributed by atoms with van der Waals surface area (Å²) in [7, 11) is 0. The van der Waals surface area contributed by atoms with Gasteiger partial charge in [0.15, 0.2) is 0 Å². The number of hydrogen-bond acceptors (Lipinski definition) is 6. The zero-order valence-electron chi connectivity index (χ0n) is 8.39. The standard InChI is InChI=1S/C9H13N3O4/c10-6-1-2-12(9(16)11-6)4-3-5(13)8(15)7(4)14/h1-2,4-5,7-8,13-15H,3H2,(H2,10,11,16)/t4-,5+,7+,8-/m0/s1. The summed E-state index contributed by atoms with van der Waals surface area (Å²) in [5.74, 6) is 0.0924. The molecule has 1 fully saturated rings. The van der Waals surface area contributed by atoms with Crippen molar-refractivity contribution < 1.29 is 15.3 Å². The maximum Gasteiger partial charge on any atom is 0.349 e. The molecule has 16 heavy (non-hydrogen) atoms. The van der Waals surface area contributed by atoms with Crippen molar-refractivity contribution in [3.8, 4) is 0 Å². The highest BCUT2D eigenvalue weighted by Crippen LogP contribution is 2.29. The van der Waals surface area contributed by atoms with Crippen LogP contribution in [0, 0.1) is 0 Å². The number of nitrogens with zero attached hydrogens (tertiary/aromatic N) is 2. The van der Waals surface area contributed by atoms with E-state index in [0.29, 0.717) is 0 Å². The average molecular weight is 227 g/mol. The lowest BCUT2D eigenvalue weighted by Crippen LogP contribution is -2.35. The second kappa shape index (κ2) is 3.85. The van der Waals surface area contributed by atoms with Crippen molar-refractivity contribution in [3.63, 3.8) is 0 Å². The van der Waals surface area contributed by atoms with E-state index in [1.54, 1.807) is 0 Å². The van der Waals surface area contributed by atoms with E-state index in [1.807, 2.05) is 0 Å². The van der Waals surface area contributed by atoms with Gasteiger partial charge >= 0.3 is 5.69 Å². The smallest absolute Gasteiger partial charge is 0.349 e. The third-order valence-electron chi connectivity index (χ3n) is 2.83. The highest BCUT2D eigenvalue weighted by atomic mass is 16.4. The van der Waals surface area contributed by atoms with Gasteiger partial charge in [-0.05, 0) is 12.5 Å². The molecule has 5 N–H and O–H groups in total. The Morgan fingerprint density at radius 1 is 1.38 bits per heavy atom. The van der Waals surface area contributed by atoms with Gasteiger partial charge in [-0.15, -0.1) is 0 Å². The van der Waals surface area contributed by atoms with E-state index in [4.69, 9.17) is 5.73 Å². The maximum atomic E-state index is 11.5. The first kappa shape index (κ1) is 11.1. The van der Waals surface area contributed by atoms with Crippen LogP contribution < -0.4 is 11.4 Å². The molecule has 88 valence electrons. The molecule has 1 aromatic heterocycles. The molecule has 0 aromatic carbocycles. The van der Waals surface area contributed by atoms with Crippen molar-refractivity contribution >= 4 is 5.82 Å². The summed E-state index contributed by atoms with van der Waals surface area (Å²) in [6, 6.07) is 0.746. The molecule has 0 unspecified atom stereocenters. The van der Waals surface area contributed by atoms with Gasteiger partial charge in [0.2, 0.25) is 0 Å². The van der Waals surface area contributed by atoms with E-state index < -0.39 is 30.0 Å². The summed E-state index contributed by atoms with van der Waals surface area (Å²) < 4.78 is 1.17. The van der Waals surface area contributed by atoms with E-state index in [2.05, 4.69) is 4.98 Å². The summed E-state index contributed by atoms with van der Waals surface area (Å²) in [6.07, 6.45) is -1.96. The maximum absolute atomic E-state index is 11.5. The number of aliphatic hydroxyl groups excluding tert-OH is 3. The molecule has 4 atom stereocenters. The quantitative estimate of drug-likeness (QED) is 0.434. The summed E-state index contributed by atoms with van der Waals surface area (Å²) in [5, 5.41) is 28.4. The summed E-state index contributed by atoms with van der Waals surface area (Å²) in [6.45, 7) is 0. The molecule has 0 aliphatic heterocycles. The zero-order valence-corrected chi connectivity index (χ0v) is 8.39. The van der Waals surface area contributed by atoms with Crippen LogP contribution in [0.4, 0.5) is 5.82 Å². The molecule has 0 amide bonds. The van der Waals surface area contributed by atoms with Gasteiger partial charge in [-0.1, -0.05) is 0 Å². The molecule has 2 rings (SSSR count). The lowest BCUT2D eigenvalue weighted by Gasteiger charge is -2.17. The van der Waals surface area contributed by atoms with Gasteiger partial charge in [0.25, 0.3) is 0 Å². The number of nitrogen functional groups attached to an aromatic ring is 1. The minimum Gasteiger partial charge on any atom is -0.390 e. The van der Waals surface area contributed by atoms with Gasteiger partial charge < -0.3 is 21.1 Å². The molecule has 7 heteroatoms. The van der Waals surface area contributed by atoms with Crippen LogP contribution in [0.1, 0.15) is 12.5 Å². The second-order valence-electron chi connectivity index (χ2n) is 3.89. The van der Waals surface area contributed by atoms with Crippen LogP contribution in [-0.2, 0) is 0 Å². The molecule has 1 aliphatic carbocycles. The lowest BCUT2D eigenvalue weighted by molar-refractivity contribution is -0.0249. The predicted octanol–water partition coefficient (Wildman–Crippen LogP) is -2.15. The van der Waals surface area contributed by atoms with Gasteiger partial charge in [0.1, 0.15) is 18.0 Å². The minimum absolute atomic E-state index is 0.0924. The van der Waals surface area contributed by atoms with Crippen molar-refractivity contribution in [1.82, 2.24) is 9.55 Å². The van der Waals surface area contributed by atoms with Crippen LogP contribution in [0.2, 0.25) is 0 Å². The molecular formula is C9H13N3O4. The second-order valence-corrected chi connectivity index (χ2v) is 3.89. The van der Waals surface area contributed by atoms with E-state index in [-0.39, 0.29) is 12.2 Å². The number of nitrogens with two attached hydrogens (primary N) is 1. The van der Waals surface area contributed by atoms with E-state index in [9.17, 15) is 20.1 Å². The molecular weight excluding hydrogens is 214 g/mol. The fraction of sp³-hybridized carbons (Fsp3) is 0.556. The molecule has 1 aliphatic rings. The van der Waals surface area contributed by atoms with Gasteiger partial charge in [-0.3, -0.25) is 4.57 Å². The van der Waals surface area contributed by atoms with Crippen molar-refractivity contribution in [2.24, 2.45) is 0 Å². The molecule has 1 aromatic rings. The van der Waals surface area contributed by atoms with Crippen molar-refractivity contribution in [2.75, 3.05) is 5.73 Å². The van der Waals surface area contributed by atoms with Crippen LogP contribution in [0.5, 0.6) is 0 Å². The summed E-state index contributed by atoms with van der Waals surface area (Å²) in [4.78, 5) is 15.0. The molecule has 1 saturated carbocycles. The Morgan fingerprint density at radius 2 is 2.06 bits per heavy atom. The number of aromatic nitrogens is 2. The fourth-order valence-electron chi connectivity index (χ4n) is 1.94. The predicted molar refractivity (Wildman–Crippen MR) is 54.6 cm³/mol. The largest absolute Gasteiger partial charge is 0.390 e. The van der Waals surface area contributed by atoms with Gasteiger partial charge in [0, 0.05) is 6.20 Å². The van der Waals surface area contributed by atoms with Crippen LogP contribution in [0.25, 0.3) is 0 Å². The molecule has 0 bridgehead atoms. The Bertz CT molecular complexity index is 447. The first-order chi connectivity index (χ1) is 7.50. The molecule has 0 saturated heterocycles. The average Bonchev–Trinajstić information content (AvgIpc) is 2.46. The van der Waals surface area contributed by atoms with Gasteiger partial charge in [-0.25, -0.2) is 4.79 Å². The van der Waals surface area contributed by atoms with Gasteiger partial charge in [-0.2, -0.15) is 4.98 Å². The first-order valence-electron chi connectivity index (χ1n) is 4.89.